The van der Waals surface area contributed by atoms with E-state index in [9.17, 15) is 14.4 Å². The molecular formula is C16H17N3O3S2. The van der Waals surface area contributed by atoms with Gasteiger partial charge >= 0.3 is 0 Å². The van der Waals surface area contributed by atoms with Gasteiger partial charge in [-0.1, -0.05) is 6.58 Å². The molecule has 0 unspecified atom stereocenters. The highest BCUT2D eigenvalue weighted by Crippen LogP contribution is 2.30. The second-order valence-corrected chi connectivity index (χ2v) is 7.39. The number of hydrogen-bond donors (Lipinski definition) is 1. The molecular weight excluding hydrogens is 346 g/mol. The molecule has 8 heteroatoms. The average molecular weight is 363 g/mol. The van der Waals surface area contributed by atoms with Gasteiger partial charge in [0.25, 0.3) is 5.91 Å². The molecule has 1 saturated heterocycles. The van der Waals surface area contributed by atoms with Crippen LogP contribution in [0.15, 0.2) is 30.2 Å². The molecule has 1 aliphatic heterocycles. The lowest BCUT2D eigenvalue weighted by Crippen LogP contribution is -2.52. The Labute approximate surface area is 147 Å². The smallest absolute Gasteiger partial charge is 0.264 e. The van der Waals surface area contributed by atoms with Gasteiger partial charge in [0.1, 0.15) is 0 Å². The molecule has 2 aromatic heterocycles. The lowest BCUT2D eigenvalue weighted by molar-refractivity contribution is -0.133. The zero-order chi connectivity index (χ0) is 17.1. The number of hydrogen-bond acceptors (Lipinski definition) is 5. The summed E-state index contributed by atoms with van der Waals surface area (Å²) >= 11 is 3.14. The Morgan fingerprint density at radius 3 is 2.54 bits per heavy atom. The molecule has 3 amide bonds. The van der Waals surface area contributed by atoms with Gasteiger partial charge in [-0.3, -0.25) is 14.4 Å². The van der Waals surface area contributed by atoms with Gasteiger partial charge in [-0.25, -0.2) is 0 Å². The molecule has 0 atom stereocenters. The first kappa shape index (κ1) is 16.7. The van der Waals surface area contributed by atoms with Crippen molar-refractivity contribution in [2.75, 3.05) is 32.7 Å². The Hall–Kier alpha value is -2.19. The standard InChI is InChI=1S/C16H17N3O3S2/c1-2-14(20)17-10-15(21)18-4-6-19(7-5-18)16(22)13-9-12-11(24-13)3-8-23-12/h2-3,8-9H,1,4-7,10H2,(H,17,20). The third-order valence-electron chi connectivity index (χ3n) is 3.87. The Morgan fingerprint density at radius 2 is 1.88 bits per heavy atom. The van der Waals surface area contributed by atoms with Crippen LogP contribution in [0.5, 0.6) is 0 Å². The highest BCUT2D eigenvalue weighted by Gasteiger charge is 2.25. The van der Waals surface area contributed by atoms with Crippen LogP contribution in [0.25, 0.3) is 9.40 Å². The van der Waals surface area contributed by atoms with Crippen molar-refractivity contribution >= 4 is 49.8 Å². The van der Waals surface area contributed by atoms with E-state index in [4.69, 9.17) is 0 Å². The molecule has 0 aliphatic carbocycles. The summed E-state index contributed by atoms with van der Waals surface area (Å²) < 4.78 is 2.27. The first-order valence-electron chi connectivity index (χ1n) is 7.53. The molecule has 0 radical (unpaired) electrons. The second-order valence-electron chi connectivity index (χ2n) is 5.35. The first-order chi connectivity index (χ1) is 11.6. The van der Waals surface area contributed by atoms with Crippen molar-refractivity contribution in [1.29, 1.82) is 0 Å². The molecule has 6 nitrogen and oxygen atoms in total. The van der Waals surface area contributed by atoms with Crippen molar-refractivity contribution in [3.05, 3.63) is 35.0 Å². The maximum Gasteiger partial charge on any atom is 0.264 e. The van der Waals surface area contributed by atoms with Crippen LogP contribution < -0.4 is 5.32 Å². The van der Waals surface area contributed by atoms with Crippen molar-refractivity contribution in [2.24, 2.45) is 0 Å². The highest BCUT2D eigenvalue weighted by atomic mass is 32.1. The molecule has 2 aromatic rings. The van der Waals surface area contributed by atoms with E-state index in [-0.39, 0.29) is 24.3 Å². The number of rotatable bonds is 4. The number of nitrogens with zero attached hydrogens (tertiary/aromatic N) is 2. The summed E-state index contributed by atoms with van der Waals surface area (Å²) in [5.74, 6) is -0.487. The van der Waals surface area contributed by atoms with Gasteiger partial charge in [0.15, 0.2) is 0 Å². The molecule has 1 N–H and O–H groups in total. The summed E-state index contributed by atoms with van der Waals surface area (Å²) in [6.45, 7) is 5.27. The van der Waals surface area contributed by atoms with Gasteiger partial charge < -0.3 is 15.1 Å². The summed E-state index contributed by atoms with van der Waals surface area (Å²) in [5.41, 5.74) is 0. The number of amides is 3. The monoisotopic (exact) mass is 363 g/mol. The number of carbonyl (C=O) groups is 3. The Kier molecular flexibility index (Phi) is 4.96. The molecule has 1 aliphatic rings. The van der Waals surface area contributed by atoms with Crippen LogP contribution in [0, 0.1) is 0 Å². The van der Waals surface area contributed by atoms with Gasteiger partial charge in [-0.2, -0.15) is 0 Å². The third-order valence-corrected chi connectivity index (χ3v) is 5.95. The lowest BCUT2D eigenvalue weighted by atomic mass is 10.3. The second kappa shape index (κ2) is 7.14. The molecule has 24 heavy (non-hydrogen) atoms. The van der Waals surface area contributed by atoms with E-state index in [0.717, 1.165) is 20.4 Å². The zero-order valence-electron chi connectivity index (χ0n) is 13.0. The van der Waals surface area contributed by atoms with Crippen molar-refractivity contribution in [3.8, 4) is 0 Å². The first-order valence-corrected chi connectivity index (χ1v) is 9.22. The molecule has 1 fully saturated rings. The van der Waals surface area contributed by atoms with Gasteiger partial charge in [-0.15, -0.1) is 22.7 Å². The topological polar surface area (TPSA) is 69.7 Å². The molecule has 0 spiro atoms. The van der Waals surface area contributed by atoms with Gasteiger partial charge in [0.05, 0.1) is 11.4 Å². The molecule has 0 saturated carbocycles. The Bertz CT molecular complexity index is 759. The van der Waals surface area contributed by atoms with Crippen LogP contribution in [-0.4, -0.2) is 60.2 Å². The van der Waals surface area contributed by atoms with Crippen molar-refractivity contribution in [3.63, 3.8) is 0 Å². The predicted octanol–water partition coefficient (Wildman–Crippen LogP) is 1.55. The summed E-state index contributed by atoms with van der Waals surface area (Å²) in [6, 6.07) is 3.96. The fourth-order valence-corrected chi connectivity index (χ4v) is 4.61. The highest BCUT2D eigenvalue weighted by molar-refractivity contribution is 7.27. The summed E-state index contributed by atoms with van der Waals surface area (Å²) in [7, 11) is 0. The van der Waals surface area contributed by atoms with E-state index < -0.39 is 0 Å². The lowest BCUT2D eigenvalue weighted by Gasteiger charge is -2.34. The third kappa shape index (κ3) is 3.49. The van der Waals surface area contributed by atoms with Gasteiger partial charge in [0.2, 0.25) is 11.8 Å². The van der Waals surface area contributed by atoms with E-state index >= 15 is 0 Å². The maximum absolute atomic E-state index is 12.6. The average Bonchev–Trinajstić information content (AvgIpc) is 3.20. The minimum absolute atomic E-state index is 0.0236. The van der Waals surface area contributed by atoms with Crippen LogP contribution in [0.4, 0.5) is 0 Å². The van der Waals surface area contributed by atoms with Crippen LogP contribution in [0.2, 0.25) is 0 Å². The SMILES string of the molecule is C=CC(=O)NCC(=O)N1CCN(C(=O)c2cc3sccc3s2)CC1. The normalized spacial score (nSPS) is 14.7. The van der Waals surface area contributed by atoms with E-state index in [0.29, 0.717) is 26.2 Å². The number of nitrogens with one attached hydrogen (secondary N) is 1. The van der Waals surface area contributed by atoms with E-state index in [2.05, 4.69) is 11.9 Å². The van der Waals surface area contributed by atoms with Gasteiger partial charge in [-0.05, 0) is 23.6 Å². The van der Waals surface area contributed by atoms with E-state index in [1.807, 2.05) is 17.5 Å². The summed E-state index contributed by atoms with van der Waals surface area (Å²) in [4.78, 5) is 39.9. The van der Waals surface area contributed by atoms with Crippen LogP contribution in [0.1, 0.15) is 9.67 Å². The zero-order valence-corrected chi connectivity index (χ0v) is 14.6. The number of piperazine rings is 1. The Morgan fingerprint density at radius 1 is 1.17 bits per heavy atom. The van der Waals surface area contributed by atoms with Crippen molar-refractivity contribution in [2.45, 2.75) is 0 Å². The summed E-state index contributed by atoms with van der Waals surface area (Å²) in [6.07, 6.45) is 1.13. The largest absolute Gasteiger partial charge is 0.343 e. The molecule has 0 bridgehead atoms. The van der Waals surface area contributed by atoms with Crippen LogP contribution in [-0.2, 0) is 9.59 Å². The Balaban J connectivity index is 1.53. The number of thiophene rings is 2. The molecule has 3 heterocycles. The van der Waals surface area contributed by atoms with Crippen molar-refractivity contribution in [1.82, 2.24) is 15.1 Å². The summed E-state index contributed by atoms with van der Waals surface area (Å²) in [5, 5.41) is 4.49. The van der Waals surface area contributed by atoms with Gasteiger partial charge in [0, 0.05) is 35.6 Å². The van der Waals surface area contributed by atoms with Crippen LogP contribution in [0.3, 0.4) is 0 Å². The fourth-order valence-electron chi connectivity index (χ4n) is 2.53. The number of fused-ring (bicyclic) bond motifs is 1. The molecule has 3 rings (SSSR count). The number of carbonyl (C=O) groups excluding carboxylic acids is 3. The molecule has 126 valence electrons. The fraction of sp³-hybridized carbons (Fsp3) is 0.312. The van der Waals surface area contributed by atoms with E-state index in [1.165, 1.54) is 11.3 Å². The predicted molar refractivity (Wildman–Crippen MR) is 95.4 cm³/mol. The molecule has 0 aromatic carbocycles. The van der Waals surface area contributed by atoms with Crippen molar-refractivity contribution < 1.29 is 14.4 Å². The van der Waals surface area contributed by atoms with Crippen LogP contribution >= 0.6 is 22.7 Å². The quantitative estimate of drug-likeness (QED) is 0.838. The maximum atomic E-state index is 12.6. The minimum atomic E-state index is -0.366. The minimum Gasteiger partial charge on any atom is -0.343 e. The van der Waals surface area contributed by atoms with E-state index in [1.54, 1.807) is 21.1 Å².